The first-order chi connectivity index (χ1) is 15.0. The van der Waals surface area contributed by atoms with Gasteiger partial charge in [-0.2, -0.15) is 4.31 Å². The molecule has 1 unspecified atom stereocenters. The number of rotatable bonds is 5. The molecule has 0 aliphatic carbocycles. The van der Waals surface area contributed by atoms with E-state index in [2.05, 4.69) is 26.8 Å². The highest BCUT2D eigenvalue weighted by atomic mass is 32.2. The van der Waals surface area contributed by atoms with Crippen LogP contribution in [0.1, 0.15) is 42.9 Å². The molecule has 2 aliphatic heterocycles. The van der Waals surface area contributed by atoms with Crippen molar-refractivity contribution in [1.29, 1.82) is 0 Å². The van der Waals surface area contributed by atoms with E-state index in [1.54, 1.807) is 11.2 Å². The van der Waals surface area contributed by atoms with E-state index in [9.17, 15) is 21.6 Å². The SMILES string of the molecule is Cc1cc2occ(CC(=O)N3CCN(S(=O)(=O)C4CCS(=O)(=O)C4)CC3)c2cc1C(C)C. The molecule has 0 N–H and O–H groups in total. The number of piperazine rings is 1. The van der Waals surface area contributed by atoms with Gasteiger partial charge in [-0.1, -0.05) is 13.8 Å². The third-order valence-corrected chi connectivity index (χ3v) is 10.9. The highest BCUT2D eigenvalue weighted by molar-refractivity contribution is 7.95. The van der Waals surface area contributed by atoms with Gasteiger partial charge in [-0.15, -0.1) is 0 Å². The summed E-state index contributed by atoms with van der Waals surface area (Å²) in [6, 6.07) is 4.10. The Kier molecular flexibility index (Phi) is 6.15. The predicted molar refractivity (Wildman–Crippen MR) is 123 cm³/mol. The van der Waals surface area contributed by atoms with Crippen molar-refractivity contribution in [1.82, 2.24) is 9.21 Å². The third-order valence-electron chi connectivity index (χ3n) is 6.57. The molecule has 2 aromatic rings. The van der Waals surface area contributed by atoms with Crippen molar-refractivity contribution < 1.29 is 26.0 Å². The van der Waals surface area contributed by atoms with Crippen molar-refractivity contribution in [3.05, 3.63) is 35.1 Å². The maximum Gasteiger partial charge on any atom is 0.227 e. The standard InChI is InChI=1S/C22H30N2O6S2/c1-15(2)19-12-20-17(13-30-21(20)10-16(19)3)11-22(25)23-5-7-24(8-6-23)32(28,29)18-4-9-31(26,27)14-18/h10,12-13,15,18H,4-9,11,14H2,1-3H3. The molecule has 1 aromatic heterocycles. The van der Waals surface area contributed by atoms with Gasteiger partial charge in [0, 0.05) is 37.1 Å². The molecule has 0 bridgehead atoms. The Morgan fingerprint density at radius 1 is 1.19 bits per heavy atom. The lowest BCUT2D eigenvalue weighted by molar-refractivity contribution is -0.131. The summed E-state index contributed by atoms with van der Waals surface area (Å²) in [4.78, 5) is 14.6. The van der Waals surface area contributed by atoms with Crippen LogP contribution in [0.4, 0.5) is 0 Å². The first-order valence-electron chi connectivity index (χ1n) is 11.0. The molecular formula is C22H30N2O6S2. The van der Waals surface area contributed by atoms with Gasteiger partial charge in [0.25, 0.3) is 0 Å². The number of sulfone groups is 1. The Labute approximate surface area is 189 Å². The van der Waals surface area contributed by atoms with Crippen LogP contribution in [0, 0.1) is 6.92 Å². The average molecular weight is 483 g/mol. The zero-order valence-corrected chi connectivity index (χ0v) is 20.3. The number of sulfonamides is 1. The lowest BCUT2D eigenvalue weighted by Crippen LogP contribution is -2.53. The average Bonchev–Trinajstić information content (AvgIpc) is 3.30. The fraction of sp³-hybridized carbons (Fsp3) is 0.591. The van der Waals surface area contributed by atoms with Crippen LogP contribution in [0.15, 0.2) is 22.8 Å². The normalized spacial score (nSPS) is 22.1. The van der Waals surface area contributed by atoms with Gasteiger partial charge < -0.3 is 9.32 Å². The maximum atomic E-state index is 12.9. The number of furan rings is 1. The van der Waals surface area contributed by atoms with Crippen LogP contribution in [0.2, 0.25) is 0 Å². The second-order valence-electron chi connectivity index (χ2n) is 9.15. The van der Waals surface area contributed by atoms with Gasteiger partial charge in [0.05, 0.1) is 29.4 Å². The molecule has 0 saturated carbocycles. The van der Waals surface area contributed by atoms with E-state index < -0.39 is 25.1 Å². The number of hydrogen-bond donors (Lipinski definition) is 0. The van der Waals surface area contributed by atoms with Crippen molar-refractivity contribution in [3.63, 3.8) is 0 Å². The van der Waals surface area contributed by atoms with E-state index in [4.69, 9.17) is 4.42 Å². The summed E-state index contributed by atoms with van der Waals surface area (Å²) in [7, 11) is -6.96. The highest BCUT2D eigenvalue weighted by Gasteiger charge is 2.41. The van der Waals surface area contributed by atoms with Gasteiger partial charge in [0.1, 0.15) is 5.58 Å². The molecule has 3 heterocycles. The van der Waals surface area contributed by atoms with Gasteiger partial charge in [0.15, 0.2) is 9.84 Å². The predicted octanol–water partition coefficient (Wildman–Crippen LogP) is 2.07. The van der Waals surface area contributed by atoms with Crippen LogP contribution >= 0.6 is 0 Å². The molecule has 2 aliphatic rings. The quantitative estimate of drug-likeness (QED) is 0.646. The molecule has 1 aromatic carbocycles. The first kappa shape index (κ1) is 23.3. The van der Waals surface area contributed by atoms with Gasteiger partial charge in [0.2, 0.25) is 15.9 Å². The lowest BCUT2D eigenvalue weighted by atomic mass is 9.95. The summed E-state index contributed by atoms with van der Waals surface area (Å²) in [6.07, 6.45) is 1.98. The van der Waals surface area contributed by atoms with Crippen molar-refractivity contribution in [2.75, 3.05) is 37.7 Å². The minimum atomic E-state index is -3.68. The van der Waals surface area contributed by atoms with Crippen LogP contribution in [-0.2, 0) is 31.1 Å². The molecule has 2 saturated heterocycles. The number of nitrogens with zero attached hydrogens (tertiary/aromatic N) is 2. The number of hydrogen-bond acceptors (Lipinski definition) is 6. The van der Waals surface area contributed by atoms with Crippen molar-refractivity contribution in [3.8, 4) is 0 Å². The number of fused-ring (bicyclic) bond motifs is 1. The molecule has 0 spiro atoms. The second kappa shape index (κ2) is 8.46. The van der Waals surface area contributed by atoms with E-state index in [0.29, 0.717) is 19.0 Å². The summed E-state index contributed by atoms with van der Waals surface area (Å²) in [5, 5.41) is 0.0713. The van der Waals surface area contributed by atoms with Crippen LogP contribution in [0.3, 0.4) is 0 Å². The Hall–Kier alpha value is -1.91. The monoisotopic (exact) mass is 482 g/mol. The number of carbonyl (C=O) groups is 1. The van der Waals surface area contributed by atoms with Crippen LogP contribution < -0.4 is 0 Å². The molecule has 1 amide bonds. The van der Waals surface area contributed by atoms with E-state index in [0.717, 1.165) is 22.1 Å². The third kappa shape index (κ3) is 4.45. The fourth-order valence-corrected chi connectivity index (χ4v) is 9.19. The van der Waals surface area contributed by atoms with Crippen molar-refractivity contribution in [2.24, 2.45) is 0 Å². The Morgan fingerprint density at radius 3 is 2.47 bits per heavy atom. The Bertz CT molecular complexity index is 1240. The largest absolute Gasteiger partial charge is 0.464 e. The van der Waals surface area contributed by atoms with Gasteiger partial charge >= 0.3 is 0 Å². The topological polar surface area (TPSA) is 105 Å². The molecule has 32 heavy (non-hydrogen) atoms. The lowest BCUT2D eigenvalue weighted by Gasteiger charge is -2.35. The zero-order chi connectivity index (χ0) is 23.3. The molecule has 4 rings (SSSR count). The van der Waals surface area contributed by atoms with Gasteiger partial charge in [-0.25, -0.2) is 16.8 Å². The molecule has 2 fully saturated rings. The van der Waals surface area contributed by atoms with Crippen LogP contribution in [0.5, 0.6) is 0 Å². The highest BCUT2D eigenvalue weighted by Crippen LogP contribution is 2.29. The summed E-state index contributed by atoms with van der Waals surface area (Å²) in [5.41, 5.74) is 3.97. The van der Waals surface area contributed by atoms with E-state index in [1.807, 2.05) is 6.07 Å². The maximum absolute atomic E-state index is 12.9. The summed E-state index contributed by atoms with van der Waals surface area (Å²) in [6.45, 7) is 7.28. The first-order valence-corrected chi connectivity index (χ1v) is 14.3. The fourth-order valence-electron chi connectivity index (χ4n) is 4.68. The molecular weight excluding hydrogens is 452 g/mol. The minimum Gasteiger partial charge on any atom is -0.464 e. The Morgan fingerprint density at radius 2 is 1.88 bits per heavy atom. The van der Waals surface area contributed by atoms with E-state index in [-0.39, 0.29) is 43.3 Å². The Balaban J connectivity index is 1.42. The molecule has 8 nitrogen and oxygen atoms in total. The molecule has 1 atom stereocenters. The molecule has 0 radical (unpaired) electrons. The minimum absolute atomic E-state index is 0.0696. The van der Waals surface area contributed by atoms with Crippen LogP contribution in [-0.4, -0.2) is 74.9 Å². The van der Waals surface area contributed by atoms with E-state index in [1.165, 1.54) is 9.87 Å². The molecule has 176 valence electrons. The van der Waals surface area contributed by atoms with Crippen molar-refractivity contribution >= 4 is 36.7 Å². The van der Waals surface area contributed by atoms with Crippen LogP contribution in [0.25, 0.3) is 11.0 Å². The summed E-state index contributed by atoms with van der Waals surface area (Å²) in [5.74, 6) is -0.0889. The van der Waals surface area contributed by atoms with Gasteiger partial charge in [-0.05, 0) is 42.5 Å². The second-order valence-corrected chi connectivity index (χ2v) is 13.6. The summed E-state index contributed by atoms with van der Waals surface area (Å²) < 4.78 is 56.0. The number of amides is 1. The number of carbonyl (C=O) groups excluding carboxylic acids is 1. The zero-order valence-electron chi connectivity index (χ0n) is 18.7. The smallest absolute Gasteiger partial charge is 0.227 e. The number of aryl methyl sites for hydroxylation is 1. The molecule has 10 heteroatoms. The van der Waals surface area contributed by atoms with Gasteiger partial charge in [-0.3, -0.25) is 4.79 Å². The number of benzene rings is 1. The summed E-state index contributed by atoms with van der Waals surface area (Å²) >= 11 is 0. The van der Waals surface area contributed by atoms with E-state index >= 15 is 0 Å². The van der Waals surface area contributed by atoms with Crippen molar-refractivity contribution in [2.45, 2.75) is 44.8 Å².